The van der Waals surface area contributed by atoms with Gasteiger partial charge in [0.25, 0.3) is 0 Å². The van der Waals surface area contributed by atoms with Crippen molar-refractivity contribution in [3.05, 3.63) is 17.7 Å². The van der Waals surface area contributed by atoms with E-state index in [-0.39, 0.29) is 5.75 Å². The molecule has 1 aromatic heterocycles. The summed E-state index contributed by atoms with van der Waals surface area (Å²) < 4.78 is 5.32. The van der Waals surface area contributed by atoms with Crippen LogP contribution in [0.5, 0.6) is 5.75 Å². The number of aryl methyl sites for hydroxylation is 1. The molecular weight excluding hydrogens is 376 g/mol. The molecule has 1 aliphatic rings. The van der Waals surface area contributed by atoms with Crippen LogP contribution in [-0.2, 0) is 11.2 Å². The van der Waals surface area contributed by atoms with Crippen LogP contribution in [0.25, 0.3) is 10.9 Å². The lowest BCUT2D eigenvalue weighted by molar-refractivity contribution is 0.0320. The summed E-state index contributed by atoms with van der Waals surface area (Å²) >= 11 is 1.69. The van der Waals surface area contributed by atoms with Crippen LogP contribution in [0.2, 0.25) is 0 Å². The zero-order valence-corrected chi connectivity index (χ0v) is 18.1. The molecule has 3 N–H and O–H groups in total. The van der Waals surface area contributed by atoms with Gasteiger partial charge in [-0.3, -0.25) is 5.43 Å². The van der Waals surface area contributed by atoms with Crippen molar-refractivity contribution in [1.29, 1.82) is 0 Å². The zero-order chi connectivity index (χ0) is 20.5. The second kappa shape index (κ2) is 8.13. The highest BCUT2D eigenvalue weighted by Gasteiger charge is 2.25. The van der Waals surface area contributed by atoms with Crippen molar-refractivity contribution in [2.24, 2.45) is 0 Å². The van der Waals surface area contributed by atoms with Crippen LogP contribution in [0.4, 0.5) is 10.5 Å². The van der Waals surface area contributed by atoms with Gasteiger partial charge >= 0.3 is 6.09 Å². The van der Waals surface area contributed by atoms with Gasteiger partial charge in [-0.15, -0.1) is 11.8 Å². The maximum Gasteiger partial charge on any atom is 0.422 e. The van der Waals surface area contributed by atoms with Gasteiger partial charge in [-0.05, 0) is 51.1 Å². The van der Waals surface area contributed by atoms with Crippen LogP contribution in [0.1, 0.15) is 33.3 Å². The Morgan fingerprint density at radius 3 is 2.54 bits per heavy atom. The lowest BCUT2D eigenvalue weighted by atomic mass is 10.1. The zero-order valence-electron chi connectivity index (χ0n) is 17.3. The third kappa shape index (κ3) is 4.33. The van der Waals surface area contributed by atoms with E-state index in [2.05, 4.69) is 28.5 Å². The fourth-order valence-electron chi connectivity index (χ4n) is 3.59. The maximum absolute atomic E-state index is 12.0. The van der Waals surface area contributed by atoms with E-state index in [1.165, 1.54) is 5.56 Å². The molecule has 0 unspecified atom stereocenters. The van der Waals surface area contributed by atoms with E-state index < -0.39 is 11.7 Å². The number of fused-ring (bicyclic) bond motifs is 1. The highest BCUT2D eigenvalue weighted by molar-refractivity contribution is 7.98. The number of H-pyrrole nitrogens is 1. The van der Waals surface area contributed by atoms with Gasteiger partial charge in [0.2, 0.25) is 0 Å². The molecule has 1 amide bonds. The monoisotopic (exact) mass is 406 g/mol. The van der Waals surface area contributed by atoms with Crippen LogP contribution in [-0.4, -0.2) is 59.2 Å². The molecule has 1 aliphatic heterocycles. The Morgan fingerprint density at radius 1 is 1.29 bits per heavy atom. The van der Waals surface area contributed by atoms with E-state index in [0.717, 1.165) is 28.0 Å². The molecule has 0 radical (unpaired) electrons. The Bertz CT molecular complexity index is 851. The Kier molecular flexibility index (Phi) is 6.00. The number of benzene rings is 1. The molecule has 7 nitrogen and oxygen atoms in total. The van der Waals surface area contributed by atoms with Crippen LogP contribution < -0.4 is 10.3 Å². The molecular formula is C20H30N4O3S. The minimum absolute atomic E-state index is 0.276. The van der Waals surface area contributed by atoms with Crippen molar-refractivity contribution in [2.75, 3.05) is 37.3 Å². The predicted octanol–water partition coefficient (Wildman–Crippen LogP) is 3.72. The topological polar surface area (TPSA) is 80.8 Å². The summed E-state index contributed by atoms with van der Waals surface area (Å²) in [6, 6.07) is 3.77. The second-order valence-electron chi connectivity index (χ2n) is 7.93. The van der Waals surface area contributed by atoms with Crippen LogP contribution >= 0.6 is 11.8 Å². The number of aromatic nitrogens is 1. The molecule has 1 saturated heterocycles. The number of aromatic amines is 1. The van der Waals surface area contributed by atoms with E-state index >= 15 is 0 Å². The first-order valence-electron chi connectivity index (χ1n) is 9.63. The molecule has 1 fully saturated rings. The smallest absolute Gasteiger partial charge is 0.422 e. The SMILES string of the molecule is CCc1c(SC)[nH]c2c(N3CCN(NC(=O)OC(C)(C)C)CC3)c(O)ccc12. The number of hydrogen-bond donors (Lipinski definition) is 3. The minimum Gasteiger partial charge on any atom is -0.506 e. The summed E-state index contributed by atoms with van der Waals surface area (Å²) in [5, 5.41) is 14.7. The number of aromatic hydroxyl groups is 1. The summed E-state index contributed by atoms with van der Waals surface area (Å²) in [6.07, 6.45) is 2.56. The molecule has 2 aromatic rings. The number of carbonyl (C=O) groups excluding carboxylic acids is 1. The number of phenolic OH excluding ortho intramolecular Hbond substituents is 1. The van der Waals surface area contributed by atoms with Crippen molar-refractivity contribution < 1.29 is 14.6 Å². The van der Waals surface area contributed by atoms with Crippen LogP contribution in [0.15, 0.2) is 17.2 Å². The Hall–Kier alpha value is -2.06. The van der Waals surface area contributed by atoms with Gasteiger partial charge in [0.15, 0.2) is 0 Å². The number of hydrazine groups is 1. The van der Waals surface area contributed by atoms with Gasteiger partial charge in [0.1, 0.15) is 17.0 Å². The fourth-order valence-corrected chi connectivity index (χ4v) is 4.29. The minimum atomic E-state index is -0.521. The highest BCUT2D eigenvalue weighted by atomic mass is 32.2. The van der Waals surface area contributed by atoms with E-state index in [1.807, 2.05) is 31.8 Å². The quantitative estimate of drug-likeness (QED) is 0.672. The van der Waals surface area contributed by atoms with Crippen molar-refractivity contribution in [1.82, 2.24) is 15.4 Å². The number of phenols is 1. The van der Waals surface area contributed by atoms with Gasteiger partial charge in [0.05, 0.1) is 10.5 Å². The fraction of sp³-hybridized carbons (Fsp3) is 0.550. The molecule has 0 atom stereocenters. The number of rotatable bonds is 4. The molecule has 3 rings (SSSR count). The molecule has 28 heavy (non-hydrogen) atoms. The third-order valence-electron chi connectivity index (χ3n) is 4.80. The molecule has 0 aliphatic carbocycles. The van der Waals surface area contributed by atoms with E-state index in [9.17, 15) is 9.90 Å². The number of amides is 1. The first-order valence-corrected chi connectivity index (χ1v) is 10.9. The van der Waals surface area contributed by atoms with Gasteiger partial charge in [0, 0.05) is 31.6 Å². The number of ether oxygens (including phenoxy) is 1. The van der Waals surface area contributed by atoms with Crippen molar-refractivity contribution in [2.45, 2.75) is 44.7 Å². The third-order valence-corrected chi connectivity index (χ3v) is 5.55. The molecule has 154 valence electrons. The largest absolute Gasteiger partial charge is 0.506 e. The molecule has 1 aromatic carbocycles. The summed E-state index contributed by atoms with van der Waals surface area (Å²) in [7, 11) is 0. The van der Waals surface area contributed by atoms with Gasteiger partial charge < -0.3 is 19.7 Å². The van der Waals surface area contributed by atoms with Gasteiger partial charge in [-0.2, -0.15) is 0 Å². The summed E-state index contributed by atoms with van der Waals surface area (Å²) in [5.74, 6) is 0.276. The summed E-state index contributed by atoms with van der Waals surface area (Å²) in [5.41, 5.74) is 5.39. The highest BCUT2D eigenvalue weighted by Crippen LogP contribution is 2.40. The summed E-state index contributed by atoms with van der Waals surface area (Å²) in [4.78, 5) is 17.6. The van der Waals surface area contributed by atoms with E-state index in [0.29, 0.717) is 26.2 Å². The van der Waals surface area contributed by atoms with Crippen molar-refractivity contribution >= 4 is 34.4 Å². The number of anilines is 1. The second-order valence-corrected chi connectivity index (χ2v) is 8.75. The number of nitrogens with zero attached hydrogens (tertiary/aromatic N) is 2. The molecule has 0 bridgehead atoms. The lowest BCUT2D eigenvalue weighted by Crippen LogP contribution is -2.54. The molecule has 2 heterocycles. The molecule has 8 heteroatoms. The lowest BCUT2D eigenvalue weighted by Gasteiger charge is -2.36. The Labute approximate surface area is 170 Å². The van der Waals surface area contributed by atoms with E-state index in [4.69, 9.17) is 4.74 Å². The standard InChI is InChI=1S/C20H30N4O3S/c1-6-13-14-7-8-15(25)17(16(14)21-18(13)28-5)23-9-11-24(12-10-23)22-19(26)27-20(2,3)4/h7-8,21,25H,6,9-12H2,1-5H3,(H,22,26). The first kappa shape index (κ1) is 20.7. The number of piperazine rings is 1. The molecule has 0 saturated carbocycles. The molecule has 0 spiro atoms. The number of thioether (sulfide) groups is 1. The van der Waals surface area contributed by atoms with Crippen molar-refractivity contribution in [3.63, 3.8) is 0 Å². The normalized spacial score (nSPS) is 15.8. The predicted molar refractivity (Wildman–Crippen MR) is 114 cm³/mol. The van der Waals surface area contributed by atoms with Crippen LogP contribution in [0, 0.1) is 0 Å². The Morgan fingerprint density at radius 2 is 1.96 bits per heavy atom. The van der Waals surface area contributed by atoms with Gasteiger partial charge in [-0.25, -0.2) is 9.80 Å². The number of nitrogens with one attached hydrogen (secondary N) is 2. The average molecular weight is 407 g/mol. The maximum atomic E-state index is 12.0. The van der Waals surface area contributed by atoms with Crippen LogP contribution in [0.3, 0.4) is 0 Å². The van der Waals surface area contributed by atoms with Crippen molar-refractivity contribution in [3.8, 4) is 5.75 Å². The first-order chi connectivity index (χ1) is 13.2. The van der Waals surface area contributed by atoms with E-state index in [1.54, 1.807) is 17.8 Å². The average Bonchev–Trinajstić information content (AvgIpc) is 2.98. The number of hydrogen-bond acceptors (Lipinski definition) is 6. The number of carbonyl (C=O) groups is 1. The van der Waals surface area contributed by atoms with Gasteiger partial charge in [-0.1, -0.05) is 6.92 Å². The Balaban J connectivity index is 1.76. The summed E-state index contributed by atoms with van der Waals surface area (Å²) in [6.45, 7) is 10.4.